The molecule has 1 rings (SSSR count). The average Bonchev–Trinajstić information content (AvgIpc) is 2.06. The van der Waals surface area contributed by atoms with Crippen molar-refractivity contribution in [2.24, 2.45) is 0 Å². The van der Waals surface area contributed by atoms with Crippen molar-refractivity contribution in [1.29, 1.82) is 0 Å². The Morgan fingerprint density at radius 3 is 2.13 bits per heavy atom. The molecular formula is C6H2F3NO4S. The molecule has 0 fully saturated rings. The summed E-state index contributed by atoms with van der Waals surface area (Å²) in [6.07, 6.45) is 0. The van der Waals surface area contributed by atoms with Crippen molar-refractivity contribution in [1.82, 2.24) is 0 Å². The number of halogens is 3. The molecule has 82 valence electrons. The molecular weight excluding hydrogens is 239 g/mol. The van der Waals surface area contributed by atoms with Crippen molar-refractivity contribution in [3.63, 3.8) is 0 Å². The Labute approximate surface area is 81.5 Å². The molecule has 9 heteroatoms. The van der Waals surface area contributed by atoms with Gasteiger partial charge in [0, 0.05) is 6.07 Å². The van der Waals surface area contributed by atoms with Gasteiger partial charge in [0.25, 0.3) is 0 Å². The monoisotopic (exact) mass is 241 g/mol. The van der Waals surface area contributed by atoms with E-state index < -0.39 is 37.4 Å². The van der Waals surface area contributed by atoms with Crippen LogP contribution >= 0.6 is 0 Å². The van der Waals surface area contributed by atoms with Crippen LogP contribution in [0.5, 0.6) is 0 Å². The van der Waals surface area contributed by atoms with E-state index in [1.54, 1.807) is 0 Å². The molecule has 1 aromatic carbocycles. The molecule has 15 heavy (non-hydrogen) atoms. The van der Waals surface area contributed by atoms with Gasteiger partial charge in [-0.25, -0.2) is 4.39 Å². The molecule has 0 aliphatic carbocycles. The largest absolute Gasteiger partial charge is 0.335 e. The highest BCUT2D eigenvalue weighted by atomic mass is 32.3. The van der Waals surface area contributed by atoms with Crippen LogP contribution in [0.1, 0.15) is 0 Å². The standard InChI is InChI=1S/C6H2F3NO4S/c7-3-2-6(15(9,13)14)4(8)1-5(3)10(11)12/h1-2H. The van der Waals surface area contributed by atoms with Crippen LogP contribution in [0.25, 0.3) is 0 Å². The van der Waals surface area contributed by atoms with Gasteiger partial charge in [-0.2, -0.15) is 12.8 Å². The molecule has 0 saturated heterocycles. The Hall–Kier alpha value is -1.64. The van der Waals surface area contributed by atoms with Crippen molar-refractivity contribution >= 4 is 15.9 Å². The molecule has 0 aliphatic rings. The maximum absolute atomic E-state index is 12.8. The van der Waals surface area contributed by atoms with Crippen molar-refractivity contribution in [2.75, 3.05) is 0 Å². The zero-order valence-electron chi connectivity index (χ0n) is 6.78. The second kappa shape index (κ2) is 3.50. The summed E-state index contributed by atoms with van der Waals surface area (Å²) in [7, 11) is -5.44. The van der Waals surface area contributed by atoms with E-state index in [0.29, 0.717) is 0 Å². The van der Waals surface area contributed by atoms with Crippen molar-refractivity contribution in [3.8, 4) is 0 Å². The number of hydrogen-bond donors (Lipinski definition) is 0. The molecule has 5 nitrogen and oxygen atoms in total. The van der Waals surface area contributed by atoms with Crippen LogP contribution in [0.4, 0.5) is 18.4 Å². The van der Waals surface area contributed by atoms with E-state index >= 15 is 0 Å². The highest BCUT2D eigenvalue weighted by Gasteiger charge is 2.25. The molecule has 0 amide bonds. The van der Waals surface area contributed by atoms with E-state index in [1.165, 1.54) is 0 Å². The quantitative estimate of drug-likeness (QED) is 0.447. The van der Waals surface area contributed by atoms with Gasteiger partial charge in [-0.15, -0.1) is 3.89 Å². The summed E-state index contributed by atoms with van der Waals surface area (Å²) in [5.74, 6) is -3.34. The predicted octanol–water partition coefficient (Wildman–Crippen LogP) is 1.53. The fourth-order valence-electron chi connectivity index (χ4n) is 0.845. The Balaban J connectivity index is 3.52. The van der Waals surface area contributed by atoms with Gasteiger partial charge in [-0.3, -0.25) is 10.1 Å². The van der Waals surface area contributed by atoms with Gasteiger partial charge < -0.3 is 0 Å². The lowest BCUT2D eigenvalue weighted by molar-refractivity contribution is -0.387. The lowest BCUT2D eigenvalue weighted by atomic mass is 10.3. The minimum absolute atomic E-state index is 0.00178. The number of nitro benzene ring substituents is 1. The van der Waals surface area contributed by atoms with Crippen LogP contribution in [0, 0.1) is 21.7 Å². The van der Waals surface area contributed by atoms with Gasteiger partial charge in [0.1, 0.15) is 4.90 Å². The van der Waals surface area contributed by atoms with Crippen molar-refractivity contribution in [2.45, 2.75) is 4.90 Å². The number of nitrogens with zero attached hydrogens (tertiary/aromatic N) is 1. The fourth-order valence-corrected chi connectivity index (χ4v) is 1.38. The average molecular weight is 241 g/mol. The Kier molecular flexibility index (Phi) is 2.67. The first-order valence-corrected chi connectivity index (χ1v) is 4.70. The molecule has 0 radical (unpaired) electrons. The number of nitro groups is 1. The Morgan fingerprint density at radius 1 is 1.20 bits per heavy atom. The van der Waals surface area contributed by atoms with Crippen molar-refractivity contribution in [3.05, 3.63) is 33.9 Å². The van der Waals surface area contributed by atoms with Gasteiger partial charge in [-0.1, -0.05) is 0 Å². The van der Waals surface area contributed by atoms with Gasteiger partial charge in [0.15, 0.2) is 5.82 Å². The normalized spacial score (nSPS) is 11.4. The van der Waals surface area contributed by atoms with Crippen LogP contribution in [-0.4, -0.2) is 13.3 Å². The maximum Gasteiger partial charge on any atom is 0.335 e. The second-order valence-electron chi connectivity index (χ2n) is 2.43. The van der Waals surface area contributed by atoms with E-state index in [4.69, 9.17) is 0 Å². The molecule has 1 aromatic rings. The van der Waals surface area contributed by atoms with E-state index in [2.05, 4.69) is 0 Å². The molecule has 0 heterocycles. The summed E-state index contributed by atoms with van der Waals surface area (Å²) in [5.41, 5.74) is -1.26. The number of benzene rings is 1. The third kappa shape index (κ3) is 2.24. The van der Waals surface area contributed by atoms with Crippen molar-refractivity contribution < 1.29 is 26.0 Å². The van der Waals surface area contributed by atoms with E-state index in [0.717, 1.165) is 0 Å². The SMILES string of the molecule is O=[N+]([O-])c1cc(F)c(S(=O)(=O)F)cc1F. The fraction of sp³-hybridized carbons (Fsp3) is 0. The van der Waals surface area contributed by atoms with Crippen LogP contribution < -0.4 is 0 Å². The first-order chi connectivity index (χ1) is 6.73. The third-order valence-corrected chi connectivity index (χ3v) is 2.30. The topological polar surface area (TPSA) is 77.3 Å². The highest BCUT2D eigenvalue weighted by Crippen LogP contribution is 2.25. The molecule has 0 unspecified atom stereocenters. The summed E-state index contributed by atoms with van der Waals surface area (Å²) in [5, 5.41) is 10.1. The summed E-state index contributed by atoms with van der Waals surface area (Å²) in [6, 6.07) is -0.0788. The summed E-state index contributed by atoms with van der Waals surface area (Å²) in [4.78, 5) is 7.27. The summed E-state index contributed by atoms with van der Waals surface area (Å²) in [6.45, 7) is 0. The van der Waals surface area contributed by atoms with Crippen LogP contribution in [0.3, 0.4) is 0 Å². The van der Waals surface area contributed by atoms with E-state index in [9.17, 15) is 31.2 Å². The number of rotatable bonds is 2. The minimum atomic E-state index is -5.44. The smallest absolute Gasteiger partial charge is 0.258 e. The van der Waals surface area contributed by atoms with E-state index in [1.807, 2.05) is 0 Å². The third-order valence-electron chi connectivity index (χ3n) is 1.46. The zero-order chi connectivity index (χ0) is 11.8. The van der Waals surface area contributed by atoms with Gasteiger partial charge >= 0.3 is 15.9 Å². The minimum Gasteiger partial charge on any atom is -0.258 e. The first-order valence-electron chi connectivity index (χ1n) is 3.31. The van der Waals surface area contributed by atoms with Gasteiger partial charge in [0.2, 0.25) is 5.82 Å². The highest BCUT2D eigenvalue weighted by molar-refractivity contribution is 7.86. The molecule has 0 bridgehead atoms. The first kappa shape index (κ1) is 11.4. The maximum atomic E-state index is 12.8. The molecule has 0 spiro atoms. The van der Waals surface area contributed by atoms with Gasteiger partial charge in [-0.05, 0) is 0 Å². The zero-order valence-corrected chi connectivity index (χ0v) is 7.59. The van der Waals surface area contributed by atoms with Crippen LogP contribution in [-0.2, 0) is 10.2 Å². The Bertz CT molecular complexity index is 527. The Morgan fingerprint density at radius 2 is 1.73 bits per heavy atom. The number of hydrogen-bond acceptors (Lipinski definition) is 4. The van der Waals surface area contributed by atoms with Gasteiger partial charge in [0.05, 0.1) is 11.0 Å². The lowest BCUT2D eigenvalue weighted by Crippen LogP contribution is -2.01. The molecule has 0 aromatic heterocycles. The van der Waals surface area contributed by atoms with Crippen LogP contribution in [0.2, 0.25) is 0 Å². The summed E-state index contributed by atoms with van der Waals surface area (Å²) < 4.78 is 58.3. The molecule has 0 saturated carbocycles. The predicted molar refractivity (Wildman–Crippen MR) is 41.3 cm³/mol. The lowest BCUT2D eigenvalue weighted by Gasteiger charge is -1.98. The molecule has 0 aliphatic heterocycles. The molecule has 0 atom stereocenters. The summed E-state index contributed by atoms with van der Waals surface area (Å²) >= 11 is 0. The second-order valence-corrected chi connectivity index (χ2v) is 3.74. The van der Waals surface area contributed by atoms with Crippen LogP contribution in [0.15, 0.2) is 17.0 Å². The molecule has 0 N–H and O–H groups in total. The van der Waals surface area contributed by atoms with E-state index in [-0.39, 0.29) is 12.1 Å².